The predicted molar refractivity (Wildman–Crippen MR) is 97.6 cm³/mol. The second kappa shape index (κ2) is 7.43. The molecule has 1 atom stereocenters. The Hall–Kier alpha value is -2.81. The molecule has 0 bridgehead atoms. The fourth-order valence-electron chi connectivity index (χ4n) is 2.52. The van der Waals surface area contributed by atoms with Crippen LogP contribution in [0.25, 0.3) is 11.0 Å². The summed E-state index contributed by atoms with van der Waals surface area (Å²) in [5.74, 6) is -2.55. The Morgan fingerprint density at radius 3 is 2.41 bits per heavy atom. The summed E-state index contributed by atoms with van der Waals surface area (Å²) in [6.07, 6.45) is -0.659. The lowest BCUT2D eigenvalue weighted by molar-refractivity contribution is 0.0521. The molecular weight excluding hydrogens is 378 g/mol. The van der Waals surface area contributed by atoms with Crippen LogP contribution in [0.4, 0.5) is 4.79 Å². The first-order valence-corrected chi connectivity index (χ1v) is 8.44. The van der Waals surface area contributed by atoms with Gasteiger partial charge in [0.05, 0.1) is 11.1 Å². The highest BCUT2D eigenvalue weighted by atomic mass is 35.5. The van der Waals surface area contributed by atoms with Crippen molar-refractivity contribution in [1.82, 2.24) is 14.9 Å². The van der Waals surface area contributed by atoms with E-state index in [0.29, 0.717) is 5.39 Å². The lowest BCUT2D eigenvalue weighted by atomic mass is 10.2. The van der Waals surface area contributed by atoms with Gasteiger partial charge >= 0.3 is 18.0 Å². The minimum atomic E-state index is -1.29. The maximum absolute atomic E-state index is 11.8. The highest BCUT2D eigenvalue weighted by Gasteiger charge is 2.26. The molecule has 0 spiro atoms. The van der Waals surface area contributed by atoms with E-state index in [2.05, 4.69) is 10.3 Å². The molecule has 0 radical (unpaired) electrons. The van der Waals surface area contributed by atoms with Gasteiger partial charge in [0, 0.05) is 11.9 Å². The van der Waals surface area contributed by atoms with E-state index in [1.165, 1.54) is 16.7 Å². The van der Waals surface area contributed by atoms with Crippen molar-refractivity contribution in [3.05, 3.63) is 28.5 Å². The molecule has 0 saturated heterocycles. The summed E-state index contributed by atoms with van der Waals surface area (Å²) in [4.78, 5) is 38.8. The number of carboxylic acids is 2. The first kappa shape index (κ1) is 20.5. The summed E-state index contributed by atoms with van der Waals surface area (Å²) in [5, 5.41) is 21.5. The number of carbonyl (C=O) groups is 3. The average Bonchev–Trinajstić information content (AvgIpc) is 2.83. The number of fused-ring (bicyclic) bond motifs is 1. The van der Waals surface area contributed by atoms with Gasteiger partial charge in [0.15, 0.2) is 5.69 Å². The van der Waals surface area contributed by atoms with Crippen molar-refractivity contribution >= 4 is 40.7 Å². The van der Waals surface area contributed by atoms with E-state index in [1.807, 2.05) is 0 Å². The Balaban J connectivity index is 2.43. The topological polar surface area (TPSA) is 131 Å². The van der Waals surface area contributed by atoms with E-state index in [1.54, 1.807) is 27.7 Å². The molecule has 0 aliphatic heterocycles. The first-order chi connectivity index (χ1) is 12.4. The van der Waals surface area contributed by atoms with Gasteiger partial charge in [-0.05, 0) is 39.8 Å². The molecule has 2 rings (SSSR count). The Kier molecular flexibility index (Phi) is 5.65. The molecule has 2 aromatic heterocycles. The van der Waals surface area contributed by atoms with E-state index in [0.717, 1.165) is 0 Å². The van der Waals surface area contributed by atoms with Crippen LogP contribution in [0.5, 0.6) is 0 Å². The molecular formula is C17H20ClN3O6. The number of hydrogen-bond acceptors (Lipinski definition) is 5. The van der Waals surface area contributed by atoms with E-state index >= 15 is 0 Å². The zero-order valence-corrected chi connectivity index (χ0v) is 16.0. The van der Waals surface area contributed by atoms with Crippen molar-refractivity contribution < 1.29 is 29.3 Å². The van der Waals surface area contributed by atoms with Crippen molar-refractivity contribution in [3.8, 4) is 0 Å². The maximum Gasteiger partial charge on any atom is 0.407 e. The number of carbonyl (C=O) groups excluding carboxylic acids is 1. The number of nitrogens with one attached hydrogen (secondary N) is 1. The lowest BCUT2D eigenvalue weighted by Crippen LogP contribution is -2.35. The fraction of sp³-hybridized carbons (Fsp3) is 0.412. The number of nitrogens with zero attached hydrogens (tertiary/aromatic N) is 2. The molecule has 10 heteroatoms. The zero-order valence-electron chi connectivity index (χ0n) is 15.2. The molecule has 27 heavy (non-hydrogen) atoms. The highest BCUT2D eigenvalue weighted by molar-refractivity contribution is 6.38. The van der Waals surface area contributed by atoms with Gasteiger partial charge in [0.1, 0.15) is 16.9 Å². The summed E-state index contributed by atoms with van der Waals surface area (Å²) in [5.41, 5.74) is -1.06. The average molecular weight is 398 g/mol. The molecule has 0 aliphatic rings. The molecule has 0 aromatic carbocycles. The van der Waals surface area contributed by atoms with Crippen LogP contribution < -0.4 is 5.32 Å². The van der Waals surface area contributed by atoms with Crippen LogP contribution in [-0.2, 0) is 4.74 Å². The molecule has 0 fully saturated rings. The van der Waals surface area contributed by atoms with Gasteiger partial charge in [-0.2, -0.15) is 0 Å². The third-order valence-electron chi connectivity index (χ3n) is 3.59. The van der Waals surface area contributed by atoms with Crippen molar-refractivity contribution in [1.29, 1.82) is 0 Å². The summed E-state index contributed by atoms with van der Waals surface area (Å²) in [6.45, 7) is 6.82. The van der Waals surface area contributed by atoms with Gasteiger partial charge in [-0.1, -0.05) is 11.6 Å². The highest BCUT2D eigenvalue weighted by Crippen LogP contribution is 2.32. The second-order valence-electron chi connectivity index (χ2n) is 6.94. The summed E-state index contributed by atoms with van der Waals surface area (Å²) < 4.78 is 6.45. The van der Waals surface area contributed by atoms with E-state index in [-0.39, 0.29) is 28.6 Å². The number of pyridine rings is 1. The molecule has 1 amide bonds. The van der Waals surface area contributed by atoms with E-state index < -0.39 is 29.7 Å². The van der Waals surface area contributed by atoms with E-state index in [4.69, 9.17) is 21.4 Å². The number of carboxylic acid groups (broad SMARTS) is 2. The Morgan fingerprint density at radius 1 is 1.26 bits per heavy atom. The Labute approximate surface area is 159 Å². The van der Waals surface area contributed by atoms with Crippen molar-refractivity contribution in [3.63, 3.8) is 0 Å². The number of hydrogen-bond donors (Lipinski definition) is 3. The molecule has 3 N–H and O–H groups in total. The number of alkyl carbamates (subject to hydrolysis) is 1. The number of amides is 1. The van der Waals surface area contributed by atoms with Crippen LogP contribution in [-0.4, -0.2) is 49.9 Å². The summed E-state index contributed by atoms with van der Waals surface area (Å²) in [7, 11) is 0. The van der Waals surface area contributed by atoms with E-state index in [9.17, 15) is 19.5 Å². The first-order valence-electron chi connectivity index (χ1n) is 8.06. The SMILES string of the molecule is CC(CNC(=O)OC(C)(C)C)n1c(C(=O)O)c(Cl)c2ccc(C(=O)O)nc21. The van der Waals surface area contributed by atoms with Crippen LogP contribution in [0.15, 0.2) is 12.1 Å². The second-order valence-corrected chi connectivity index (χ2v) is 7.32. The largest absolute Gasteiger partial charge is 0.477 e. The number of aromatic carboxylic acids is 2. The molecule has 2 aromatic rings. The summed E-state index contributed by atoms with van der Waals surface area (Å²) in [6, 6.07) is 2.07. The minimum Gasteiger partial charge on any atom is -0.477 e. The van der Waals surface area contributed by atoms with Crippen LogP contribution in [0.2, 0.25) is 5.02 Å². The van der Waals surface area contributed by atoms with Gasteiger partial charge < -0.3 is 24.8 Å². The van der Waals surface area contributed by atoms with Gasteiger partial charge in [0.25, 0.3) is 0 Å². The van der Waals surface area contributed by atoms with Crippen LogP contribution in [0.3, 0.4) is 0 Å². The minimum absolute atomic E-state index is 0.0221. The van der Waals surface area contributed by atoms with Gasteiger partial charge in [-0.3, -0.25) is 0 Å². The van der Waals surface area contributed by atoms with Gasteiger partial charge in [-0.15, -0.1) is 0 Å². The predicted octanol–water partition coefficient (Wildman–Crippen LogP) is 3.17. The number of halogens is 1. The fourth-order valence-corrected chi connectivity index (χ4v) is 2.84. The van der Waals surface area contributed by atoms with Crippen LogP contribution in [0.1, 0.15) is 54.7 Å². The normalized spacial score (nSPS) is 12.6. The third-order valence-corrected chi connectivity index (χ3v) is 3.97. The standard InChI is InChI=1S/C17H20ClN3O6/c1-8(7-19-16(26)27-17(2,3)4)21-12(15(24)25)11(18)9-5-6-10(14(22)23)20-13(9)21/h5-6,8H,7H2,1-4H3,(H,19,26)(H,22,23)(H,24,25). The van der Waals surface area contributed by atoms with Crippen LogP contribution in [0, 0.1) is 0 Å². The van der Waals surface area contributed by atoms with Gasteiger partial charge in [-0.25, -0.2) is 19.4 Å². The Bertz CT molecular complexity index is 916. The molecule has 9 nitrogen and oxygen atoms in total. The lowest BCUT2D eigenvalue weighted by Gasteiger charge is -2.22. The third kappa shape index (κ3) is 4.48. The maximum atomic E-state index is 11.8. The monoisotopic (exact) mass is 397 g/mol. The number of aromatic nitrogens is 2. The Morgan fingerprint density at radius 2 is 1.89 bits per heavy atom. The van der Waals surface area contributed by atoms with Crippen molar-refractivity contribution in [2.45, 2.75) is 39.3 Å². The summed E-state index contributed by atoms with van der Waals surface area (Å²) >= 11 is 6.18. The zero-order chi connectivity index (χ0) is 20.5. The van der Waals surface area contributed by atoms with Crippen molar-refractivity contribution in [2.24, 2.45) is 0 Å². The molecule has 0 aliphatic carbocycles. The molecule has 146 valence electrons. The van der Waals surface area contributed by atoms with Crippen LogP contribution >= 0.6 is 11.6 Å². The molecule has 0 saturated carbocycles. The smallest absolute Gasteiger partial charge is 0.407 e. The molecule has 1 unspecified atom stereocenters. The number of ether oxygens (including phenoxy) is 1. The van der Waals surface area contributed by atoms with Crippen molar-refractivity contribution in [2.75, 3.05) is 6.54 Å². The number of rotatable bonds is 5. The van der Waals surface area contributed by atoms with Gasteiger partial charge in [0.2, 0.25) is 0 Å². The quantitative estimate of drug-likeness (QED) is 0.706. The molecule has 2 heterocycles.